The number of thiazole rings is 1. The zero-order valence-corrected chi connectivity index (χ0v) is 19.7. The molecule has 0 unspecified atom stereocenters. The van der Waals surface area contributed by atoms with E-state index in [1.165, 1.54) is 0 Å². The Morgan fingerprint density at radius 2 is 1.94 bits per heavy atom. The highest BCUT2D eigenvalue weighted by atomic mass is 32.2. The van der Waals surface area contributed by atoms with Crippen molar-refractivity contribution in [3.05, 3.63) is 38.3 Å². The smallest absolute Gasteiger partial charge is 0.323 e. The number of carbonyl (C=O) groups is 3. The molecule has 178 valence electrons. The van der Waals surface area contributed by atoms with Crippen molar-refractivity contribution in [2.75, 3.05) is 13.2 Å². The highest BCUT2D eigenvalue weighted by molar-refractivity contribution is 8.00. The van der Waals surface area contributed by atoms with Crippen LogP contribution in [0.3, 0.4) is 0 Å². The summed E-state index contributed by atoms with van der Waals surface area (Å²) in [4.78, 5) is 54.5. The lowest BCUT2D eigenvalue weighted by molar-refractivity contribution is -0.149. The number of carboxylic acid groups (broad SMARTS) is 1. The summed E-state index contributed by atoms with van der Waals surface area (Å²) in [5.41, 5.74) is 0.885. The molecule has 0 radical (unpaired) electrons. The molecule has 7 atom stereocenters. The van der Waals surface area contributed by atoms with Crippen LogP contribution in [-0.4, -0.2) is 56.3 Å². The summed E-state index contributed by atoms with van der Waals surface area (Å²) in [5.74, 6) is -2.97. The number of nitrogens with zero attached hydrogens (tertiary/aromatic N) is 1. The first-order valence-electron chi connectivity index (χ1n) is 11.2. The van der Waals surface area contributed by atoms with Crippen LogP contribution in [-0.2, 0) is 14.4 Å². The Balaban J connectivity index is 1.45. The van der Waals surface area contributed by atoms with Gasteiger partial charge in [0.15, 0.2) is 11.5 Å². The van der Waals surface area contributed by atoms with E-state index in [1.807, 2.05) is 13.0 Å². The fourth-order valence-corrected chi connectivity index (χ4v) is 9.63. The number of aliphatic carboxylic acids is 1. The first-order chi connectivity index (χ1) is 16.3. The van der Waals surface area contributed by atoms with Crippen LogP contribution >= 0.6 is 23.1 Å². The number of aromatic hydroxyl groups is 1. The van der Waals surface area contributed by atoms with Gasteiger partial charge in [0.2, 0.25) is 11.8 Å². The molecule has 11 heteroatoms. The van der Waals surface area contributed by atoms with Gasteiger partial charge in [-0.3, -0.25) is 24.1 Å². The number of hydrogen-bond acceptors (Lipinski definition) is 8. The fourth-order valence-electron chi connectivity index (χ4n) is 6.74. The predicted molar refractivity (Wildman–Crippen MR) is 122 cm³/mol. The van der Waals surface area contributed by atoms with Gasteiger partial charge in [-0.1, -0.05) is 17.4 Å². The van der Waals surface area contributed by atoms with Gasteiger partial charge in [0.25, 0.3) is 0 Å². The van der Waals surface area contributed by atoms with Crippen LogP contribution in [0.15, 0.2) is 28.0 Å². The van der Waals surface area contributed by atoms with Crippen LogP contribution in [0.25, 0.3) is 0 Å². The summed E-state index contributed by atoms with van der Waals surface area (Å²) in [6.07, 6.45) is 0.724. The number of H-pyrrole nitrogens is 1. The summed E-state index contributed by atoms with van der Waals surface area (Å²) in [7, 11) is 0. The van der Waals surface area contributed by atoms with Gasteiger partial charge < -0.3 is 19.9 Å². The van der Waals surface area contributed by atoms with Crippen molar-refractivity contribution in [1.29, 1.82) is 0 Å². The van der Waals surface area contributed by atoms with Crippen LogP contribution in [0, 0.1) is 29.6 Å². The molecular formula is C23H22N2O7S2. The van der Waals surface area contributed by atoms with Gasteiger partial charge in [-0.25, -0.2) is 0 Å². The Kier molecular flexibility index (Phi) is 4.86. The molecule has 3 fully saturated rings. The van der Waals surface area contributed by atoms with Crippen molar-refractivity contribution in [3.63, 3.8) is 0 Å². The number of phenolic OH excluding ortho intramolecular Hbond substituents is 1. The lowest BCUT2D eigenvalue weighted by Gasteiger charge is -2.43. The average molecular weight is 503 g/mol. The molecule has 3 heterocycles. The molecule has 1 saturated heterocycles. The fraction of sp³-hybridized carbons (Fsp3) is 0.478. The van der Waals surface area contributed by atoms with Gasteiger partial charge >= 0.3 is 10.8 Å². The molecule has 3 N–H and O–H groups in total. The zero-order valence-electron chi connectivity index (χ0n) is 18.1. The number of aromatic nitrogens is 1. The molecule has 2 saturated carbocycles. The van der Waals surface area contributed by atoms with E-state index in [4.69, 9.17) is 4.74 Å². The third kappa shape index (κ3) is 2.92. The summed E-state index contributed by atoms with van der Waals surface area (Å²) in [6.45, 7) is 1.61. The molecule has 1 aromatic carbocycles. The number of rotatable bonds is 5. The zero-order chi connectivity index (χ0) is 23.9. The highest BCUT2D eigenvalue weighted by Crippen LogP contribution is 2.68. The van der Waals surface area contributed by atoms with Crippen LogP contribution < -0.4 is 9.61 Å². The molecule has 9 nitrogen and oxygen atoms in total. The SMILES string of the molecule is CCOc1cc([C@H]2c3sc(=O)[nH]c3S[C@@H]3[C@@H]4C[C@H]([C@H]5C(=O)N(CC(=O)O)C(=O)[C@H]45)[C@H]23)ccc1O. The van der Waals surface area contributed by atoms with Crippen LogP contribution in [0.5, 0.6) is 11.5 Å². The second kappa shape index (κ2) is 7.61. The molecule has 1 aromatic heterocycles. The van der Waals surface area contributed by atoms with Crippen molar-refractivity contribution < 1.29 is 29.3 Å². The largest absolute Gasteiger partial charge is 0.504 e. The number of fused-ring (bicyclic) bond motifs is 9. The van der Waals surface area contributed by atoms with Crippen molar-refractivity contribution in [2.24, 2.45) is 29.6 Å². The number of ether oxygens (including phenoxy) is 1. The molecule has 4 aliphatic rings. The van der Waals surface area contributed by atoms with E-state index < -0.39 is 24.3 Å². The Morgan fingerprint density at radius 3 is 2.65 bits per heavy atom. The maximum Gasteiger partial charge on any atom is 0.323 e. The lowest BCUT2D eigenvalue weighted by atomic mass is 9.68. The van der Waals surface area contributed by atoms with E-state index in [9.17, 15) is 29.4 Å². The molecule has 2 aliphatic carbocycles. The Morgan fingerprint density at radius 1 is 1.21 bits per heavy atom. The van der Waals surface area contributed by atoms with Gasteiger partial charge in [0, 0.05) is 16.0 Å². The number of nitrogens with one attached hydrogen (secondary N) is 1. The lowest BCUT2D eigenvalue weighted by Crippen LogP contribution is -2.42. The number of likely N-dealkylation sites (tertiary alicyclic amines) is 1. The third-order valence-electron chi connectivity index (χ3n) is 7.75. The molecule has 2 aromatic rings. The van der Waals surface area contributed by atoms with Crippen molar-refractivity contribution in [1.82, 2.24) is 9.88 Å². The Bertz CT molecular complexity index is 1290. The number of benzene rings is 1. The molecule has 0 spiro atoms. The van der Waals surface area contributed by atoms with Crippen LogP contribution in [0.2, 0.25) is 0 Å². The summed E-state index contributed by atoms with van der Waals surface area (Å²) in [6, 6.07) is 5.21. The first kappa shape index (κ1) is 21.7. The standard InChI is InChI=1S/C23H22N2O7S2/c1-2-32-12-5-8(3-4-11(12)26)14-15-9-6-10(18(15)33-20-19(14)34-23(31)24-20)17-16(9)21(29)25(22(17)30)7-13(27)28/h3-5,9-10,14-18,26H,2,6-7H2,1H3,(H,24,31)(H,27,28)/t9-,10+,14+,15+,16+,17+,18+/m0/s1. The van der Waals surface area contributed by atoms with Crippen molar-refractivity contribution >= 4 is 40.9 Å². The van der Waals surface area contributed by atoms with Crippen molar-refractivity contribution in [2.45, 2.75) is 29.5 Å². The van der Waals surface area contributed by atoms with Gasteiger partial charge in [-0.2, -0.15) is 0 Å². The molecule has 2 amide bonds. The molecule has 6 rings (SSSR count). The van der Waals surface area contributed by atoms with E-state index in [0.29, 0.717) is 12.4 Å². The molecule has 2 bridgehead atoms. The Hall–Kier alpha value is -2.79. The maximum absolute atomic E-state index is 13.2. The second-order valence-corrected chi connectivity index (χ2v) is 11.5. The molecule has 2 aliphatic heterocycles. The molecular weight excluding hydrogens is 480 g/mol. The first-order valence-corrected chi connectivity index (χ1v) is 12.9. The average Bonchev–Trinajstić information content (AvgIpc) is 3.51. The minimum Gasteiger partial charge on any atom is -0.504 e. The summed E-state index contributed by atoms with van der Waals surface area (Å²) < 4.78 is 5.60. The van der Waals surface area contributed by atoms with E-state index >= 15 is 0 Å². The Labute approximate surface area is 202 Å². The summed E-state index contributed by atoms with van der Waals surface area (Å²) in [5, 5.41) is 20.2. The number of amides is 2. The van der Waals surface area contributed by atoms with Gasteiger partial charge in [0.1, 0.15) is 6.54 Å². The normalized spacial score (nSPS) is 33.1. The number of phenols is 1. The highest BCUT2D eigenvalue weighted by Gasteiger charge is 2.69. The monoisotopic (exact) mass is 502 g/mol. The van der Waals surface area contributed by atoms with E-state index in [-0.39, 0.29) is 51.4 Å². The number of thioether (sulfide) groups is 1. The third-order valence-corrected chi connectivity index (χ3v) is 10.3. The minimum absolute atomic E-state index is 0.00394. The maximum atomic E-state index is 13.2. The van der Waals surface area contributed by atoms with E-state index in [1.54, 1.807) is 23.9 Å². The number of aromatic amines is 1. The van der Waals surface area contributed by atoms with Gasteiger partial charge in [0.05, 0.1) is 23.5 Å². The minimum atomic E-state index is -1.20. The second-order valence-electron chi connectivity index (χ2n) is 9.28. The van der Waals surface area contributed by atoms with Gasteiger partial charge in [-0.05, 0) is 48.8 Å². The predicted octanol–water partition coefficient (Wildman–Crippen LogP) is 2.10. The van der Waals surface area contributed by atoms with E-state index in [2.05, 4.69) is 4.98 Å². The number of carbonyl (C=O) groups excluding carboxylic acids is 2. The topological polar surface area (TPSA) is 137 Å². The quantitative estimate of drug-likeness (QED) is 0.529. The van der Waals surface area contributed by atoms with E-state index in [0.717, 1.165) is 38.1 Å². The van der Waals surface area contributed by atoms with Gasteiger partial charge in [-0.15, -0.1) is 11.8 Å². The number of hydrogen-bond donors (Lipinski definition) is 3. The van der Waals surface area contributed by atoms with Crippen molar-refractivity contribution in [3.8, 4) is 11.5 Å². The molecule has 34 heavy (non-hydrogen) atoms. The summed E-state index contributed by atoms with van der Waals surface area (Å²) >= 11 is 2.72. The van der Waals surface area contributed by atoms with Crippen LogP contribution in [0.1, 0.15) is 29.7 Å². The number of imide groups is 1. The number of carboxylic acids is 1. The van der Waals surface area contributed by atoms with Crippen LogP contribution in [0.4, 0.5) is 0 Å².